The fourth-order valence-corrected chi connectivity index (χ4v) is 1.90. The zero-order valence-electron chi connectivity index (χ0n) is 11.9. The van der Waals surface area contributed by atoms with E-state index in [1.165, 1.54) is 0 Å². The first-order valence-electron chi connectivity index (χ1n) is 6.58. The van der Waals surface area contributed by atoms with E-state index in [1.807, 2.05) is 24.3 Å². The zero-order chi connectivity index (χ0) is 14.2. The van der Waals surface area contributed by atoms with Gasteiger partial charge >= 0.3 is 0 Å². The Morgan fingerprint density at radius 3 is 2.80 bits per heavy atom. The molecule has 2 rings (SSSR count). The molecular formula is C15H20N2O3. The molecular weight excluding hydrogens is 256 g/mol. The van der Waals surface area contributed by atoms with Crippen molar-refractivity contribution in [1.82, 2.24) is 4.98 Å². The van der Waals surface area contributed by atoms with E-state index in [9.17, 15) is 0 Å². The van der Waals surface area contributed by atoms with Gasteiger partial charge in [-0.2, -0.15) is 0 Å². The third-order valence-corrected chi connectivity index (χ3v) is 2.94. The second-order valence-corrected chi connectivity index (χ2v) is 4.28. The number of pyridine rings is 1. The van der Waals surface area contributed by atoms with E-state index in [0.29, 0.717) is 26.4 Å². The van der Waals surface area contributed by atoms with E-state index >= 15 is 0 Å². The average molecular weight is 276 g/mol. The minimum atomic E-state index is 0.606. The molecule has 5 nitrogen and oxygen atoms in total. The van der Waals surface area contributed by atoms with Crippen molar-refractivity contribution in [3.05, 3.63) is 30.5 Å². The fourth-order valence-electron chi connectivity index (χ4n) is 1.90. The smallest absolute Gasteiger partial charge is 0.134 e. The maximum absolute atomic E-state index is 5.41. The van der Waals surface area contributed by atoms with Gasteiger partial charge in [-0.3, -0.25) is 0 Å². The quantitative estimate of drug-likeness (QED) is 0.750. The standard InChI is InChI=1S/C15H20N2O3/c1-18-9-10-20-8-7-17-15-14-11-13(19-2)4-3-12(14)5-6-16-15/h3-6,11H,7-10H2,1-2H3,(H,16,17). The summed E-state index contributed by atoms with van der Waals surface area (Å²) in [6.07, 6.45) is 1.79. The topological polar surface area (TPSA) is 52.6 Å². The number of rotatable bonds is 8. The lowest BCUT2D eigenvalue weighted by atomic mass is 10.1. The fraction of sp³-hybridized carbons (Fsp3) is 0.400. The molecule has 5 heteroatoms. The monoisotopic (exact) mass is 276 g/mol. The Balaban J connectivity index is 1.98. The summed E-state index contributed by atoms with van der Waals surface area (Å²) in [5.74, 6) is 1.67. The van der Waals surface area contributed by atoms with Crippen molar-refractivity contribution in [3.63, 3.8) is 0 Å². The molecule has 0 atom stereocenters. The van der Waals surface area contributed by atoms with Gasteiger partial charge in [0.05, 0.1) is 26.9 Å². The van der Waals surface area contributed by atoms with Gasteiger partial charge in [0.1, 0.15) is 11.6 Å². The molecule has 0 bridgehead atoms. The van der Waals surface area contributed by atoms with Crippen molar-refractivity contribution < 1.29 is 14.2 Å². The van der Waals surface area contributed by atoms with Crippen molar-refractivity contribution in [3.8, 4) is 5.75 Å². The van der Waals surface area contributed by atoms with Gasteiger partial charge in [0, 0.05) is 25.2 Å². The Hall–Kier alpha value is -1.85. The van der Waals surface area contributed by atoms with Gasteiger partial charge in [0.15, 0.2) is 0 Å². The molecule has 0 saturated carbocycles. The molecule has 1 heterocycles. The average Bonchev–Trinajstić information content (AvgIpc) is 2.50. The van der Waals surface area contributed by atoms with Crippen molar-refractivity contribution >= 4 is 16.6 Å². The highest BCUT2D eigenvalue weighted by molar-refractivity contribution is 5.92. The number of nitrogens with zero attached hydrogens (tertiary/aromatic N) is 1. The predicted molar refractivity (Wildman–Crippen MR) is 79.5 cm³/mol. The highest BCUT2D eigenvalue weighted by atomic mass is 16.5. The summed E-state index contributed by atoms with van der Waals surface area (Å²) < 4.78 is 15.6. The van der Waals surface area contributed by atoms with E-state index < -0.39 is 0 Å². The summed E-state index contributed by atoms with van der Waals surface area (Å²) in [6, 6.07) is 7.93. The number of fused-ring (bicyclic) bond motifs is 1. The maximum atomic E-state index is 5.41. The SMILES string of the molecule is COCCOCCNc1nccc2ccc(OC)cc12. The number of aromatic nitrogens is 1. The predicted octanol–water partition coefficient (Wildman–Crippen LogP) is 2.32. The number of benzene rings is 1. The third kappa shape index (κ3) is 3.82. The van der Waals surface area contributed by atoms with Crippen LogP contribution < -0.4 is 10.1 Å². The number of anilines is 1. The number of hydrogen-bond donors (Lipinski definition) is 1. The number of ether oxygens (including phenoxy) is 3. The van der Waals surface area contributed by atoms with Gasteiger partial charge in [0.2, 0.25) is 0 Å². The van der Waals surface area contributed by atoms with Crippen LogP contribution in [0, 0.1) is 0 Å². The lowest BCUT2D eigenvalue weighted by molar-refractivity contribution is 0.0759. The first-order chi connectivity index (χ1) is 9.85. The molecule has 20 heavy (non-hydrogen) atoms. The summed E-state index contributed by atoms with van der Waals surface area (Å²) in [4.78, 5) is 4.37. The van der Waals surface area contributed by atoms with Crippen molar-refractivity contribution in [1.29, 1.82) is 0 Å². The molecule has 0 unspecified atom stereocenters. The van der Waals surface area contributed by atoms with Crippen molar-refractivity contribution in [2.24, 2.45) is 0 Å². The van der Waals surface area contributed by atoms with Crippen LogP contribution in [0.4, 0.5) is 5.82 Å². The largest absolute Gasteiger partial charge is 0.497 e. The molecule has 1 aromatic heterocycles. The van der Waals surface area contributed by atoms with Crippen LogP contribution >= 0.6 is 0 Å². The van der Waals surface area contributed by atoms with Crippen LogP contribution in [0.15, 0.2) is 30.5 Å². The van der Waals surface area contributed by atoms with E-state index in [4.69, 9.17) is 14.2 Å². The lowest BCUT2D eigenvalue weighted by Gasteiger charge is -2.10. The van der Waals surface area contributed by atoms with Crippen LogP contribution in [0.3, 0.4) is 0 Å². The van der Waals surface area contributed by atoms with Gasteiger partial charge in [-0.25, -0.2) is 4.98 Å². The van der Waals surface area contributed by atoms with Crippen LogP contribution in [0.1, 0.15) is 0 Å². The summed E-state index contributed by atoms with van der Waals surface area (Å²) in [5.41, 5.74) is 0. The van der Waals surface area contributed by atoms with E-state index in [0.717, 1.165) is 22.3 Å². The number of methoxy groups -OCH3 is 2. The molecule has 2 aromatic rings. The molecule has 0 radical (unpaired) electrons. The van der Waals surface area contributed by atoms with Gasteiger partial charge in [-0.15, -0.1) is 0 Å². The second-order valence-electron chi connectivity index (χ2n) is 4.28. The first kappa shape index (κ1) is 14.6. The Morgan fingerprint density at radius 2 is 2.00 bits per heavy atom. The zero-order valence-corrected chi connectivity index (χ0v) is 11.9. The first-order valence-corrected chi connectivity index (χ1v) is 6.58. The van der Waals surface area contributed by atoms with E-state index in [1.54, 1.807) is 20.4 Å². The molecule has 0 amide bonds. The Kier molecular flexibility index (Phi) is 5.58. The summed E-state index contributed by atoms with van der Waals surface area (Å²) in [7, 11) is 3.32. The van der Waals surface area contributed by atoms with Crippen molar-refractivity contribution in [2.45, 2.75) is 0 Å². The second kappa shape index (κ2) is 7.67. The maximum Gasteiger partial charge on any atom is 0.134 e. The minimum absolute atomic E-state index is 0.606. The van der Waals surface area contributed by atoms with Crippen LogP contribution in [0.5, 0.6) is 5.75 Å². The molecule has 0 aliphatic carbocycles. The molecule has 0 aliphatic rings. The lowest BCUT2D eigenvalue weighted by Crippen LogP contribution is -2.12. The van der Waals surface area contributed by atoms with Gasteiger partial charge in [-0.1, -0.05) is 6.07 Å². The van der Waals surface area contributed by atoms with Gasteiger partial charge in [0.25, 0.3) is 0 Å². The Bertz CT molecular complexity index is 546. The van der Waals surface area contributed by atoms with Gasteiger partial charge < -0.3 is 19.5 Å². The van der Waals surface area contributed by atoms with Crippen LogP contribution in [-0.4, -0.2) is 45.6 Å². The Labute approximate surface area is 118 Å². The number of hydrogen-bond acceptors (Lipinski definition) is 5. The molecule has 1 N–H and O–H groups in total. The molecule has 0 fully saturated rings. The molecule has 0 saturated heterocycles. The highest BCUT2D eigenvalue weighted by Gasteiger charge is 2.03. The van der Waals surface area contributed by atoms with E-state index in [2.05, 4.69) is 10.3 Å². The normalized spacial score (nSPS) is 10.7. The van der Waals surface area contributed by atoms with Crippen LogP contribution in [0.2, 0.25) is 0 Å². The minimum Gasteiger partial charge on any atom is -0.497 e. The molecule has 1 aromatic carbocycles. The summed E-state index contributed by atoms with van der Waals surface area (Å²) in [5, 5.41) is 5.46. The van der Waals surface area contributed by atoms with E-state index in [-0.39, 0.29) is 0 Å². The molecule has 108 valence electrons. The third-order valence-electron chi connectivity index (χ3n) is 2.94. The summed E-state index contributed by atoms with van der Waals surface area (Å²) in [6.45, 7) is 2.54. The molecule has 0 spiro atoms. The van der Waals surface area contributed by atoms with Crippen molar-refractivity contribution in [2.75, 3.05) is 45.9 Å². The summed E-state index contributed by atoms with van der Waals surface area (Å²) >= 11 is 0. The number of nitrogens with one attached hydrogen (secondary N) is 1. The van der Waals surface area contributed by atoms with Crippen LogP contribution in [0.25, 0.3) is 10.8 Å². The highest BCUT2D eigenvalue weighted by Crippen LogP contribution is 2.25. The Morgan fingerprint density at radius 1 is 1.10 bits per heavy atom. The van der Waals surface area contributed by atoms with Gasteiger partial charge in [-0.05, 0) is 23.6 Å². The molecule has 0 aliphatic heterocycles. The van der Waals surface area contributed by atoms with Crippen LogP contribution in [-0.2, 0) is 9.47 Å².